The predicted octanol–water partition coefficient (Wildman–Crippen LogP) is 2.34. The molecule has 80 valence electrons. The number of fused-ring (bicyclic) bond motifs is 1. The lowest BCUT2D eigenvalue weighted by molar-refractivity contribution is 0.178. The van der Waals surface area contributed by atoms with Gasteiger partial charge in [0.05, 0.1) is 12.8 Å². The van der Waals surface area contributed by atoms with E-state index < -0.39 is 6.09 Å². The third-order valence-electron chi connectivity index (χ3n) is 2.59. The Kier molecular flexibility index (Phi) is 2.58. The van der Waals surface area contributed by atoms with Gasteiger partial charge in [-0.3, -0.25) is 4.90 Å². The summed E-state index contributed by atoms with van der Waals surface area (Å²) >= 11 is 0. The van der Waals surface area contributed by atoms with Gasteiger partial charge in [-0.1, -0.05) is 6.07 Å². The summed E-state index contributed by atoms with van der Waals surface area (Å²) in [6.07, 6.45) is 1.01. The van der Waals surface area contributed by atoms with Crippen molar-refractivity contribution in [3.63, 3.8) is 0 Å². The number of hydrogen-bond acceptors (Lipinski definition) is 2. The number of carbonyl (C=O) groups excluding carboxylic acids is 1. The highest BCUT2D eigenvalue weighted by Gasteiger charge is 2.24. The molecular formula is C11H12FNO2. The van der Waals surface area contributed by atoms with Gasteiger partial charge >= 0.3 is 6.09 Å². The van der Waals surface area contributed by atoms with Gasteiger partial charge in [-0.2, -0.15) is 0 Å². The number of rotatable bonds is 0. The topological polar surface area (TPSA) is 29.5 Å². The molecule has 4 heteroatoms. The normalized spacial score (nSPS) is 14.7. The number of amides is 1. The average Bonchev–Trinajstić information content (AvgIpc) is 2.28. The lowest BCUT2D eigenvalue weighted by Crippen LogP contribution is -2.35. The highest BCUT2D eigenvalue weighted by atomic mass is 19.1. The Balaban J connectivity index is 2.42. The number of methoxy groups -OCH3 is 1. The molecular weight excluding hydrogens is 197 g/mol. The van der Waals surface area contributed by atoms with Crippen LogP contribution in [0.3, 0.4) is 0 Å². The molecule has 1 amide bonds. The summed E-state index contributed by atoms with van der Waals surface area (Å²) in [7, 11) is 1.33. The molecule has 15 heavy (non-hydrogen) atoms. The molecule has 2 rings (SSSR count). The van der Waals surface area contributed by atoms with Gasteiger partial charge in [-0.05, 0) is 25.0 Å². The van der Waals surface area contributed by atoms with Gasteiger partial charge < -0.3 is 4.74 Å². The second-order valence-electron chi connectivity index (χ2n) is 3.46. The van der Waals surface area contributed by atoms with Crippen LogP contribution in [0.1, 0.15) is 12.0 Å². The van der Waals surface area contributed by atoms with E-state index in [0.29, 0.717) is 24.2 Å². The molecule has 0 atom stereocenters. The van der Waals surface area contributed by atoms with Crippen molar-refractivity contribution in [1.29, 1.82) is 0 Å². The number of ether oxygens (including phenoxy) is 1. The van der Waals surface area contributed by atoms with Crippen molar-refractivity contribution in [3.05, 3.63) is 29.6 Å². The quantitative estimate of drug-likeness (QED) is 0.656. The zero-order chi connectivity index (χ0) is 10.8. The Hall–Kier alpha value is -1.58. The molecule has 0 spiro atoms. The maximum atomic E-state index is 13.4. The molecule has 1 aromatic carbocycles. The van der Waals surface area contributed by atoms with Gasteiger partial charge in [0.2, 0.25) is 0 Å². The molecule has 0 aromatic heterocycles. The fraction of sp³-hybridized carbons (Fsp3) is 0.364. The molecule has 1 aromatic rings. The van der Waals surface area contributed by atoms with Crippen LogP contribution in [0, 0.1) is 5.82 Å². The number of nitrogens with zero attached hydrogens (tertiary/aromatic N) is 1. The van der Waals surface area contributed by atoms with Crippen LogP contribution in [0.5, 0.6) is 0 Å². The van der Waals surface area contributed by atoms with Crippen molar-refractivity contribution < 1.29 is 13.9 Å². The minimum Gasteiger partial charge on any atom is -0.452 e. The van der Waals surface area contributed by atoms with Crippen LogP contribution in [0.25, 0.3) is 0 Å². The molecule has 0 unspecified atom stereocenters. The van der Waals surface area contributed by atoms with Crippen LogP contribution >= 0.6 is 0 Å². The standard InChI is InChI=1S/C11H12FNO2/c1-15-11(14)13-7-3-4-8-9(12)5-2-6-10(8)13/h2,5-6H,3-4,7H2,1H3. The second-order valence-corrected chi connectivity index (χ2v) is 3.46. The molecule has 0 N–H and O–H groups in total. The second kappa shape index (κ2) is 3.88. The van der Waals surface area contributed by atoms with E-state index in [1.54, 1.807) is 12.1 Å². The molecule has 3 nitrogen and oxygen atoms in total. The predicted molar refractivity (Wildman–Crippen MR) is 54.5 cm³/mol. The lowest BCUT2D eigenvalue weighted by atomic mass is 10.0. The van der Waals surface area contributed by atoms with Crippen LogP contribution in [0.15, 0.2) is 18.2 Å². The Morgan fingerprint density at radius 2 is 2.33 bits per heavy atom. The highest BCUT2D eigenvalue weighted by Crippen LogP contribution is 2.29. The van der Waals surface area contributed by atoms with E-state index in [-0.39, 0.29) is 5.82 Å². The lowest BCUT2D eigenvalue weighted by Gasteiger charge is -2.28. The molecule has 1 aliphatic heterocycles. The van der Waals surface area contributed by atoms with Crippen LogP contribution in [-0.4, -0.2) is 19.7 Å². The zero-order valence-electron chi connectivity index (χ0n) is 8.50. The third kappa shape index (κ3) is 1.67. The van der Waals surface area contributed by atoms with E-state index in [1.807, 2.05) is 0 Å². The largest absolute Gasteiger partial charge is 0.452 e. The summed E-state index contributed by atoms with van der Waals surface area (Å²) in [5.41, 5.74) is 1.24. The van der Waals surface area contributed by atoms with Crippen molar-refractivity contribution >= 4 is 11.8 Å². The van der Waals surface area contributed by atoms with Crippen molar-refractivity contribution in [2.24, 2.45) is 0 Å². The molecule has 0 saturated heterocycles. The average molecular weight is 209 g/mol. The number of carbonyl (C=O) groups is 1. The van der Waals surface area contributed by atoms with Gasteiger partial charge in [0, 0.05) is 12.1 Å². The first-order valence-electron chi connectivity index (χ1n) is 4.87. The number of hydrogen-bond donors (Lipinski definition) is 0. The molecule has 1 aliphatic rings. The molecule has 0 aliphatic carbocycles. The summed E-state index contributed by atoms with van der Waals surface area (Å²) in [4.78, 5) is 12.9. The molecule has 1 heterocycles. The summed E-state index contributed by atoms with van der Waals surface area (Å²) in [6.45, 7) is 0.586. The minimum absolute atomic E-state index is 0.249. The maximum absolute atomic E-state index is 13.4. The van der Waals surface area contributed by atoms with E-state index in [2.05, 4.69) is 4.74 Å². The van der Waals surface area contributed by atoms with Crippen LogP contribution in [-0.2, 0) is 11.2 Å². The number of halogens is 1. The summed E-state index contributed by atoms with van der Waals surface area (Å²) in [5, 5.41) is 0. The summed E-state index contributed by atoms with van der Waals surface area (Å²) in [6, 6.07) is 4.77. The van der Waals surface area contributed by atoms with E-state index in [4.69, 9.17) is 0 Å². The van der Waals surface area contributed by atoms with E-state index in [9.17, 15) is 9.18 Å². The fourth-order valence-electron chi connectivity index (χ4n) is 1.88. The summed E-state index contributed by atoms with van der Waals surface area (Å²) < 4.78 is 18.1. The zero-order valence-corrected chi connectivity index (χ0v) is 8.50. The minimum atomic E-state index is -0.429. The Morgan fingerprint density at radius 1 is 1.53 bits per heavy atom. The van der Waals surface area contributed by atoms with Crippen molar-refractivity contribution in [2.75, 3.05) is 18.6 Å². The van der Waals surface area contributed by atoms with Crippen LogP contribution in [0.2, 0.25) is 0 Å². The molecule has 0 saturated carbocycles. The van der Waals surface area contributed by atoms with Crippen molar-refractivity contribution in [3.8, 4) is 0 Å². The monoisotopic (exact) mass is 209 g/mol. The molecule has 0 radical (unpaired) electrons. The van der Waals surface area contributed by atoms with Crippen molar-refractivity contribution in [2.45, 2.75) is 12.8 Å². The van der Waals surface area contributed by atoms with Crippen LogP contribution in [0.4, 0.5) is 14.9 Å². The molecule has 0 bridgehead atoms. The van der Waals surface area contributed by atoms with Gasteiger partial charge in [-0.25, -0.2) is 9.18 Å². The Labute approximate surface area is 87.5 Å². The Bertz CT molecular complexity index is 392. The fourth-order valence-corrected chi connectivity index (χ4v) is 1.88. The van der Waals surface area contributed by atoms with Gasteiger partial charge in [-0.15, -0.1) is 0 Å². The third-order valence-corrected chi connectivity index (χ3v) is 2.59. The first-order valence-corrected chi connectivity index (χ1v) is 4.87. The van der Waals surface area contributed by atoms with E-state index >= 15 is 0 Å². The number of anilines is 1. The Morgan fingerprint density at radius 3 is 3.07 bits per heavy atom. The smallest absolute Gasteiger partial charge is 0.414 e. The maximum Gasteiger partial charge on any atom is 0.414 e. The van der Waals surface area contributed by atoms with Gasteiger partial charge in [0.25, 0.3) is 0 Å². The van der Waals surface area contributed by atoms with Crippen LogP contribution < -0.4 is 4.90 Å². The van der Waals surface area contributed by atoms with E-state index in [1.165, 1.54) is 18.1 Å². The van der Waals surface area contributed by atoms with Gasteiger partial charge in [0.1, 0.15) is 5.82 Å². The van der Waals surface area contributed by atoms with Crippen molar-refractivity contribution in [1.82, 2.24) is 0 Å². The SMILES string of the molecule is COC(=O)N1CCCc2c(F)cccc21. The number of benzene rings is 1. The first-order chi connectivity index (χ1) is 7.24. The van der Waals surface area contributed by atoms with Gasteiger partial charge in [0.15, 0.2) is 0 Å². The molecule has 0 fully saturated rings. The summed E-state index contributed by atoms with van der Waals surface area (Å²) in [5.74, 6) is -0.249. The highest BCUT2D eigenvalue weighted by molar-refractivity contribution is 5.89. The van der Waals surface area contributed by atoms with E-state index in [0.717, 1.165) is 6.42 Å². The first kappa shape index (κ1) is 9.96.